The summed E-state index contributed by atoms with van der Waals surface area (Å²) in [7, 11) is 1.71. The lowest BCUT2D eigenvalue weighted by molar-refractivity contribution is 0.407. The molecular weight excluding hydrogens is 174 g/mol. The summed E-state index contributed by atoms with van der Waals surface area (Å²) in [5.41, 5.74) is 8.08. The molecule has 0 atom stereocenters. The highest BCUT2D eigenvalue weighted by Crippen LogP contribution is 2.27. The molecule has 2 N–H and O–H groups in total. The fourth-order valence-electron chi connectivity index (χ4n) is 1.56. The van der Waals surface area contributed by atoms with Crippen molar-refractivity contribution in [1.29, 1.82) is 0 Å². The SMILES string of the molecule is COc1ccc(CCN)cc1C(C)C. The van der Waals surface area contributed by atoms with Gasteiger partial charge in [0, 0.05) is 0 Å². The minimum atomic E-state index is 0.489. The molecule has 2 nitrogen and oxygen atoms in total. The molecule has 0 aromatic heterocycles. The summed E-state index contributed by atoms with van der Waals surface area (Å²) in [4.78, 5) is 0. The molecule has 14 heavy (non-hydrogen) atoms. The fourth-order valence-corrected chi connectivity index (χ4v) is 1.56. The predicted octanol–water partition coefficient (Wildman–Crippen LogP) is 2.32. The predicted molar refractivity (Wildman–Crippen MR) is 59.8 cm³/mol. The third-order valence-corrected chi connectivity index (χ3v) is 2.35. The van der Waals surface area contributed by atoms with E-state index in [1.165, 1.54) is 11.1 Å². The molecule has 0 aliphatic carbocycles. The zero-order chi connectivity index (χ0) is 10.6. The van der Waals surface area contributed by atoms with Gasteiger partial charge in [-0.2, -0.15) is 0 Å². The minimum absolute atomic E-state index is 0.489. The van der Waals surface area contributed by atoms with Crippen molar-refractivity contribution in [3.05, 3.63) is 29.3 Å². The van der Waals surface area contributed by atoms with E-state index in [0.717, 1.165) is 12.2 Å². The first-order valence-corrected chi connectivity index (χ1v) is 5.06. The van der Waals surface area contributed by atoms with Gasteiger partial charge in [0.05, 0.1) is 7.11 Å². The normalized spacial score (nSPS) is 10.6. The Hall–Kier alpha value is -1.02. The number of hydrogen-bond acceptors (Lipinski definition) is 2. The van der Waals surface area contributed by atoms with E-state index in [1.807, 2.05) is 6.07 Å². The van der Waals surface area contributed by atoms with E-state index in [2.05, 4.69) is 26.0 Å². The molecule has 0 fully saturated rings. The van der Waals surface area contributed by atoms with Crippen LogP contribution in [0.25, 0.3) is 0 Å². The monoisotopic (exact) mass is 193 g/mol. The van der Waals surface area contributed by atoms with Gasteiger partial charge in [-0.25, -0.2) is 0 Å². The second-order valence-corrected chi connectivity index (χ2v) is 3.77. The van der Waals surface area contributed by atoms with Crippen LogP contribution in [0.1, 0.15) is 30.9 Å². The third kappa shape index (κ3) is 2.48. The van der Waals surface area contributed by atoms with Crippen molar-refractivity contribution in [2.45, 2.75) is 26.2 Å². The molecule has 0 heterocycles. The summed E-state index contributed by atoms with van der Waals surface area (Å²) in [6.07, 6.45) is 0.934. The van der Waals surface area contributed by atoms with Gasteiger partial charge in [0.25, 0.3) is 0 Å². The molecule has 1 aromatic rings. The zero-order valence-corrected chi connectivity index (χ0v) is 9.21. The van der Waals surface area contributed by atoms with Crippen molar-refractivity contribution in [1.82, 2.24) is 0 Å². The van der Waals surface area contributed by atoms with Crippen LogP contribution >= 0.6 is 0 Å². The van der Waals surface area contributed by atoms with Crippen LogP contribution in [0.2, 0.25) is 0 Å². The second kappa shape index (κ2) is 5.01. The molecule has 2 heteroatoms. The number of methoxy groups -OCH3 is 1. The van der Waals surface area contributed by atoms with Gasteiger partial charge in [-0.1, -0.05) is 26.0 Å². The highest BCUT2D eigenvalue weighted by atomic mass is 16.5. The van der Waals surface area contributed by atoms with Gasteiger partial charge < -0.3 is 10.5 Å². The summed E-state index contributed by atoms with van der Waals surface area (Å²) in [6, 6.07) is 6.30. The van der Waals surface area contributed by atoms with Crippen LogP contribution in [0.4, 0.5) is 0 Å². The second-order valence-electron chi connectivity index (χ2n) is 3.77. The number of ether oxygens (including phenoxy) is 1. The van der Waals surface area contributed by atoms with Gasteiger partial charge in [0.2, 0.25) is 0 Å². The van der Waals surface area contributed by atoms with Gasteiger partial charge in [-0.15, -0.1) is 0 Å². The van der Waals surface area contributed by atoms with Crippen molar-refractivity contribution in [3.8, 4) is 5.75 Å². The lowest BCUT2D eigenvalue weighted by Gasteiger charge is -2.13. The summed E-state index contributed by atoms with van der Waals surface area (Å²) in [5.74, 6) is 1.46. The molecular formula is C12H19NO. The summed E-state index contributed by atoms with van der Waals surface area (Å²) >= 11 is 0. The van der Waals surface area contributed by atoms with E-state index in [4.69, 9.17) is 10.5 Å². The zero-order valence-electron chi connectivity index (χ0n) is 9.21. The van der Waals surface area contributed by atoms with E-state index in [9.17, 15) is 0 Å². The highest BCUT2D eigenvalue weighted by molar-refractivity contribution is 5.39. The Morgan fingerprint density at radius 3 is 2.57 bits per heavy atom. The molecule has 1 aromatic carbocycles. The Bertz CT molecular complexity index is 294. The Balaban J connectivity index is 3.01. The van der Waals surface area contributed by atoms with Crippen LogP contribution in [0, 0.1) is 0 Å². The smallest absolute Gasteiger partial charge is 0.122 e. The standard InChI is InChI=1S/C12H19NO/c1-9(2)11-8-10(6-7-13)4-5-12(11)14-3/h4-5,8-9H,6-7,13H2,1-3H3. The molecule has 0 amide bonds. The molecule has 0 bridgehead atoms. The maximum atomic E-state index is 5.53. The molecule has 1 rings (SSSR count). The fraction of sp³-hybridized carbons (Fsp3) is 0.500. The Labute approximate surface area is 86.1 Å². The van der Waals surface area contributed by atoms with Crippen LogP contribution < -0.4 is 10.5 Å². The lowest BCUT2D eigenvalue weighted by Crippen LogP contribution is -2.04. The van der Waals surface area contributed by atoms with E-state index >= 15 is 0 Å². The molecule has 0 spiro atoms. The van der Waals surface area contributed by atoms with Crippen molar-refractivity contribution in [3.63, 3.8) is 0 Å². The quantitative estimate of drug-likeness (QED) is 0.796. The van der Waals surface area contributed by atoms with E-state index in [-0.39, 0.29) is 0 Å². The summed E-state index contributed by atoms with van der Waals surface area (Å²) in [5, 5.41) is 0. The van der Waals surface area contributed by atoms with Gasteiger partial charge in [-0.3, -0.25) is 0 Å². The summed E-state index contributed by atoms with van der Waals surface area (Å²) in [6.45, 7) is 5.04. The van der Waals surface area contributed by atoms with Gasteiger partial charge in [0.1, 0.15) is 5.75 Å². The minimum Gasteiger partial charge on any atom is -0.496 e. The molecule has 78 valence electrons. The summed E-state index contributed by atoms with van der Waals surface area (Å²) < 4.78 is 5.31. The number of benzene rings is 1. The van der Waals surface area contributed by atoms with E-state index in [1.54, 1.807) is 7.11 Å². The van der Waals surface area contributed by atoms with Crippen molar-refractivity contribution in [2.24, 2.45) is 5.73 Å². The molecule has 0 unspecified atom stereocenters. The van der Waals surface area contributed by atoms with Crippen LogP contribution in [-0.2, 0) is 6.42 Å². The van der Waals surface area contributed by atoms with Gasteiger partial charge >= 0.3 is 0 Å². The highest BCUT2D eigenvalue weighted by Gasteiger charge is 2.07. The average Bonchev–Trinajstić information content (AvgIpc) is 2.18. The third-order valence-electron chi connectivity index (χ3n) is 2.35. The topological polar surface area (TPSA) is 35.2 Å². The number of nitrogens with two attached hydrogens (primary N) is 1. The molecule has 0 saturated heterocycles. The Morgan fingerprint density at radius 1 is 1.36 bits per heavy atom. The van der Waals surface area contributed by atoms with Crippen LogP contribution in [0.15, 0.2) is 18.2 Å². The molecule has 0 aliphatic rings. The van der Waals surface area contributed by atoms with Crippen molar-refractivity contribution < 1.29 is 4.74 Å². The van der Waals surface area contributed by atoms with Crippen molar-refractivity contribution >= 4 is 0 Å². The van der Waals surface area contributed by atoms with E-state index < -0.39 is 0 Å². The van der Waals surface area contributed by atoms with Crippen molar-refractivity contribution in [2.75, 3.05) is 13.7 Å². The number of rotatable bonds is 4. The molecule has 0 aliphatic heterocycles. The van der Waals surface area contributed by atoms with Crippen LogP contribution in [0.3, 0.4) is 0 Å². The molecule has 0 saturated carbocycles. The van der Waals surface area contributed by atoms with Gasteiger partial charge in [-0.05, 0) is 36.1 Å². The average molecular weight is 193 g/mol. The van der Waals surface area contributed by atoms with Crippen LogP contribution in [-0.4, -0.2) is 13.7 Å². The van der Waals surface area contributed by atoms with Crippen LogP contribution in [0.5, 0.6) is 5.75 Å². The Morgan fingerprint density at radius 2 is 2.07 bits per heavy atom. The number of hydrogen-bond donors (Lipinski definition) is 1. The first-order chi connectivity index (χ1) is 6.69. The maximum Gasteiger partial charge on any atom is 0.122 e. The maximum absolute atomic E-state index is 5.53. The Kier molecular flexibility index (Phi) is 3.96. The first kappa shape index (κ1) is 11.1. The molecule has 0 radical (unpaired) electrons. The first-order valence-electron chi connectivity index (χ1n) is 5.06. The lowest BCUT2D eigenvalue weighted by atomic mass is 9.98. The largest absolute Gasteiger partial charge is 0.496 e. The van der Waals surface area contributed by atoms with E-state index in [0.29, 0.717) is 12.5 Å². The van der Waals surface area contributed by atoms with Gasteiger partial charge in [0.15, 0.2) is 0 Å².